The molecule has 4 heteroatoms. The summed E-state index contributed by atoms with van der Waals surface area (Å²) in [5, 5.41) is 0. The zero-order valence-electron chi connectivity index (χ0n) is 11.9. The Bertz CT molecular complexity index is 712. The first-order valence-electron chi connectivity index (χ1n) is 7.03. The predicted octanol–water partition coefficient (Wildman–Crippen LogP) is 3.77. The van der Waals surface area contributed by atoms with Gasteiger partial charge in [-0.05, 0) is 71.7 Å². The number of hydrogen-bond donors (Lipinski definition) is 1. The number of hydrogen-bond acceptors (Lipinski definition) is 2. The third-order valence-corrected chi connectivity index (χ3v) is 5.33. The molecular weight excluding hydrogens is 375 g/mol. The minimum Gasteiger partial charge on any atom is -0.399 e. The van der Waals surface area contributed by atoms with Gasteiger partial charge in [0.25, 0.3) is 5.91 Å². The monoisotopic (exact) mass is 392 g/mol. The lowest BCUT2D eigenvalue weighted by Gasteiger charge is -2.30. The molecule has 0 atom stereocenters. The number of aryl methyl sites for hydroxylation is 2. The molecule has 2 aromatic rings. The molecule has 0 spiro atoms. The van der Waals surface area contributed by atoms with Crippen molar-refractivity contribution in [2.24, 2.45) is 0 Å². The standard InChI is InChI=1S/C17H17IN2O/c1-11-4-2-6-14(16(11)18)17(21)20-9-3-5-12-7-8-13(19)10-15(12)20/h2,4,6-8,10H,3,5,9,19H2,1H3. The number of rotatable bonds is 1. The van der Waals surface area contributed by atoms with E-state index in [1.165, 1.54) is 5.56 Å². The third-order valence-electron chi connectivity index (χ3n) is 3.90. The van der Waals surface area contributed by atoms with E-state index in [0.717, 1.165) is 39.8 Å². The van der Waals surface area contributed by atoms with Crippen molar-refractivity contribution >= 4 is 39.9 Å². The van der Waals surface area contributed by atoms with Crippen molar-refractivity contribution in [2.75, 3.05) is 17.2 Å². The Hall–Kier alpha value is -1.56. The van der Waals surface area contributed by atoms with E-state index < -0.39 is 0 Å². The third kappa shape index (κ3) is 2.64. The Kier molecular flexibility index (Phi) is 3.89. The number of halogens is 1. The van der Waals surface area contributed by atoms with Crippen LogP contribution in [0.5, 0.6) is 0 Å². The van der Waals surface area contributed by atoms with Gasteiger partial charge in [0.15, 0.2) is 0 Å². The van der Waals surface area contributed by atoms with Crippen LogP contribution in [-0.4, -0.2) is 12.5 Å². The lowest BCUT2D eigenvalue weighted by Crippen LogP contribution is -2.36. The second kappa shape index (κ2) is 5.67. The Balaban J connectivity index is 2.04. The van der Waals surface area contributed by atoms with Crippen LogP contribution in [0.1, 0.15) is 27.9 Å². The summed E-state index contributed by atoms with van der Waals surface area (Å²) in [7, 11) is 0. The maximum absolute atomic E-state index is 12.9. The van der Waals surface area contributed by atoms with Crippen LogP contribution < -0.4 is 10.6 Å². The van der Waals surface area contributed by atoms with Crippen LogP contribution in [0.15, 0.2) is 36.4 Å². The minimum atomic E-state index is 0.0645. The highest BCUT2D eigenvalue weighted by atomic mass is 127. The summed E-state index contributed by atoms with van der Waals surface area (Å²) in [6, 6.07) is 11.7. The van der Waals surface area contributed by atoms with Crippen LogP contribution in [0.4, 0.5) is 11.4 Å². The van der Waals surface area contributed by atoms with E-state index in [9.17, 15) is 4.79 Å². The smallest absolute Gasteiger partial charge is 0.259 e. The topological polar surface area (TPSA) is 46.3 Å². The summed E-state index contributed by atoms with van der Waals surface area (Å²) in [5.74, 6) is 0.0645. The van der Waals surface area contributed by atoms with E-state index in [-0.39, 0.29) is 5.91 Å². The van der Waals surface area contributed by atoms with Gasteiger partial charge in [0, 0.05) is 21.5 Å². The summed E-state index contributed by atoms with van der Waals surface area (Å²) in [4.78, 5) is 14.8. The molecule has 1 aliphatic heterocycles. The molecule has 0 unspecified atom stereocenters. The summed E-state index contributed by atoms with van der Waals surface area (Å²) in [5.41, 5.74) is 10.7. The highest BCUT2D eigenvalue weighted by molar-refractivity contribution is 14.1. The zero-order chi connectivity index (χ0) is 15.0. The van der Waals surface area contributed by atoms with Gasteiger partial charge in [-0.1, -0.05) is 18.2 Å². The van der Waals surface area contributed by atoms with E-state index in [4.69, 9.17) is 5.73 Å². The average molecular weight is 392 g/mol. The van der Waals surface area contributed by atoms with Gasteiger partial charge in [-0.25, -0.2) is 0 Å². The predicted molar refractivity (Wildman–Crippen MR) is 94.7 cm³/mol. The molecule has 0 saturated carbocycles. The maximum Gasteiger partial charge on any atom is 0.259 e. The van der Waals surface area contributed by atoms with Gasteiger partial charge in [-0.3, -0.25) is 4.79 Å². The molecule has 3 rings (SSSR count). The number of carbonyl (C=O) groups is 1. The number of carbonyl (C=O) groups excluding carboxylic acids is 1. The maximum atomic E-state index is 12.9. The number of nitrogens with zero attached hydrogens (tertiary/aromatic N) is 1. The molecule has 21 heavy (non-hydrogen) atoms. The number of anilines is 2. The van der Waals surface area contributed by atoms with Gasteiger partial charge >= 0.3 is 0 Å². The van der Waals surface area contributed by atoms with Crippen molar-refractivity contribution < 1.29 is 4.79 Å². The normalized spacial score (nSPS) is 13.9. The molecule has 2 N–H and O–H groups in total. The van der Waals surface area contributed by atoms with Gasteiger partial charge in [-0.15, -0.1) is 0 Å². The zero-order valence-corrected chi connectivity index (χ0v) is 14.1. The second-order valence-corrected chi connectivity index (χ2v) is 6.46. The van der Waals surface area contributed by atoms with Crippen molar-refractivity contribution in [3.05, 3.63) is 56.7 Å². The number of fused-ring (bicyclic) bond motifs is 1. The number of amides is 1. The fourth-order valence-electron chi connectivity index (χ4n) is 2.76. The van der Waals surface area contributed by atoms with E-state index in [2.05, 4.69) is 22.6 Å². The molecule has 1 aliphatic rings. The fourth-order valence-corrected chi connectivity index (χ4v) is 3.35. The van der Waals surface area contributed by atoms with Gasteiger partial charge in [-0.2, -0.15) is 0 Å². The highest BCUT2D eigenvalue weighted by Gasteiger charge is 2.25. The molecule has 2 aromatic carbocycles. The Labute approximate surface area is 138 Å². The van der Waals surface area contributed by atoms with Crippen LogP contribution >= 0.6 is 22.6 Å². The molecule has 1 amide bonds. The lowest BCUT2D eigenvalue weighted by molar-refractivity contribution is 0.0984. The molecule has 0 aromatic heterocycles. The van der Waals surface area contributed by atoms with Crippen molar-refractivity contribution in [2.45, 2.75) is 19.8 Å². The first-order valence-corrected chi connectivity index (χ1v) is 8.11. The van der Waals surface area contributed by atoms with Crippen molar-refractivity contribution in [1.82, 2.24) is 0 Å². The van der Waals surface area contributed by atoms with Gasteiger partial charge < -0.3 is 10.6 Å². The molecule has 0 saturated heterocycles. The second-order valence-electron chi connectivity index (χ2n) is 5.38. The molecule has 0 aliphatic carbocycles. The summed E-state index contributed by atoms with van der Waals surface area (Å²) >= 11 is 2.25. The van der Waals surface area contributed by atoms with Crippen LogP contribution in [-0.2, 0) is 6.42 Å². The van der Waals surface area contributed by atoms with E-state index in [1.807, 2.05) is 48.2 Å². The highest BCUT2D eigenvalue weighted by Crippen LogP contribution is 2.31. The number of benzene rings is 2. The van der Waals surface area contributed by atoms with Crippen LogP contribution in [0.25, 0.3) is 0 Å². The lowest BCUT2D eigenvalue weighted by atomic mass is 10.00. The van der Waals surface area contributed by atoms with Crippen molar-refractivity contribution in [3.63, 3.8) is 0 Å². The van der Waals surface area contributed by atoms with Crippen LogP contribution in [0, 0.1) is 10.5 Å². The average Bonchev–Trinajstić information content (AvgIpc) is 2.48. The molecular formula is C17H17IN2O. The Morgan fingerprint density at radius 1 is 1.29 bits per heavy atom. The molecule has 0 bridgehead atoms. The first kappa shape index (κ1) is 14.4. The van der Waals surface area contributed by atoms with Crippen molar-refractivity contribution in [1.29, 1.82) is 0 Å². The molecule has 0 radical (unpaired) electrons. The van der Waals surface area contributed by atoms with Crippen LogP contribution in [0.3, 0.4) is 0 Å². The van der Waals surface area contributed by atoms with E-state index in [0.29, 0.717) is 5.69 Å². The van der Waals surface area contributed by atoms with Gasteiger partial charge in [0.2, 0.25) is 0 Å². The molecule has 3 nitrogen and oxygen atoms in total. The Morgan fingerprint density at radius 3 is 2.90 bits per heavy atom. The first-order chi connectivity index (χ1) is 10.1. The quantitative estimate of drug-likeness (QED) is 0.593. The minimum absolute atomic E-state index is 0.0645. The SMILES string of the molecule is Cc1cccc(C(=O)N2CCCc3ccc(N)cc32)c1I. The summed E-state index contributed by atoms with van der Waals surface area (Å²) < 4.78 is 1.02. The largest absolute Gasteiger partial charge is 0.399 e. The molecule has 0 fully saturated rings. The Morgan fingerprint density at radius 2 is 2.10 bits per heavy atom. The summed E-state index contributed by atoms with van der Waals surface area (Å²) in [6.07, 6.45) is 2.00. The van der Waals surface area contributed by atoms with E-state index in [1.54, 1.807) is 0 Å². The number of nitrogen functional groups attached to an aromatic ring is 1. The number of nitrogens with two attached hydrogens (primary N) is 1. The van der Waals surface area contributed by atoms with Crippen molar-refractivity contribution in [3.8, 4) is 0 Å². The fraction of sp³-hybridized carbons (Fsp3) is 0.235. The van der Waals surface area contributed by atoms with Gasteiger partial charge in [0.05, 0.1) is 5.56 Å². The van der Waals surface area contributed by atoms with Gasteiger partial charge in [0.1, 0.15) is 0 Å². The molecule has 1 heterocycles. The van der Waals surface area contributed by atoms with Crippen LogP contribution in [0.2, 0.25) is 0 Å². The summed E-state index contributed by atoms with van der Waals surface area (Å²) in [6.45, 7) is 2.78. The van der Waals surface area contributed by atoms with E-state index >= 15 is 0 Å². The molecule has 108 valence electrons.